The number of nitrogens with zero attached hydrogens (tertiary/aromatic N) is 2. The lowest BCUT2D eigenvalue weighted by atomic mass is 9.81. The SMILES string of the molecule is C[C@]1(C(N)=O)COc2c1cc(C(O)(CNC(=O)c1cc(OC3CC3)c3ncccc3c1)C(F)(F)F)nc2-c1ccc(F)cc1. The van der Waals surface area contributed by atoms with Gasteiger partial charge in [0.25, 0.3) is 5.91 Å². The summed E-state index contributed by atoms with van der Waals surface area (Å²) >= 11 is 0. The second-order valence-corrected chi connectivity index (χ2v) is 11.1. The van der Waals surface area contributed by atoms with Crippen LogP contribution in [0.3, 0.4) is 0 Å². The largest absolute Gasteiger partial charge is 0.489 e. The zero-order valence-corrected chi connectivity index (χ0v) is 23.2. The number of nitrogens with two attached hydrogens (primary N) is 1. The molecule has 2 amide bonds. The number of carbonyl (C=O) groups is 2. The Morgan fingerprint density at radius 1 is 1.16 bits per heavy atom. The molecule has 0 radical (unpaired) electrons. The molecular weight excluding hydrogens is 584 g/mol. The molecule has 0 saturated heterocycles. The summed E-state index contributed by atoms with van der Waals surface area (Å²) in [5.74, 6) is -2.10. The van der Waals surface area contributed by atoms with E-state index in [1.165, 1.54) is 31.2 Å². The van der Waals surface area contributed by atoms with Crippen molar-refractivity contribution in [3.05, 3.63) is 83.4 Å². The Balaban J connectivity index is 1.40. The van der Waals surface area contributed by atoms with Gasteiger partial charge in [-0.2, -0.15) is 13.2 Å². The highest BCUT2D eigenvalue weighted by molar-refractivity contribution is 6.00. The number of aromatic nitrogens is 2. The van der Waals surface area contributed by atoms with E-state index in [9.17, 15) is 32.3 Å². The van der Waals surface area contributed by atoms with Crippen molar-refractivity contribution in [1.82, 2.24) is 15.3 Å². The van der Waals surface area contributed by atoms with Gasteiger partial charge in [-0.15, -0.1) is 0 Å². The van der Waals surface area contributed by atoms with Crippen LogP contribution in [0.25, 0.3) is 22.2 Å². The van der Waals surface area contributed by atoms with Gasteiger partial charge in [0.2, 0.25) is 11.5 Å². The number of halogens is 4. The molecule has 2 aromatic carbocycles. The number of amides is 2. The second kappa shape index (κ2) is 10.4. The fraction of sp³-hybridized carbons (Fsp3) is 0.290. The van der Waals surface area contributed by atoms with Crippen molar-refractivity contribution < 1.29 is 41.7 Å². The number of hydrogen-bond donors (Lipinski definition) is 3. The lowest BCUT2D eigenvalue weighted by Gasteiger charge is -2.31. The molecule has 9 nitrogen and oxygen atoms in total. The Hall–Kier alpha value is -4.78. The van der Waals surface area contributed by atoms with E-state index >= 15 is 0 Å². The number of rotatable bonds is 8. The Labute approximate surface area is 248 Å². The summed E-state index contributed by atoms with van der Waals surface area (Å²) in [5, 5.41) is 14.0. The number of ether oxygens (including phenoxy) is 2. The molecule has 6 rings (SSSR count). The second-order valence-electron chi connectivity index (χ2n) is 11.1. The third-order valence-corrected chi connectivity index (χ3v) is 7.88. The lowest BCUT2D eigenvalue weighted by molar-refractivity contribution is -0.265. The van der Waals surface area contributed by atoms with Gasteiger partial charge in [0.05, 0.1) is 18.3 Å². The molecule has 2 aliphatic rings. The quantitative estimate of drug-likeness (QED) is 0.253. The number of primary amides is 1. The van der Waals surface area contributed by atoms with E-state index in [4.69, 9.17) is 15.2 Å². The number of nitrogens with one attached hydrogen (secondary N) is 1. The van der Waals surface area contributed by atoms with E-state index in [0.717, 1.165) is 31.0 Å². The molecule has 4 aromatic rings. The Kier molecular flexibility index (Phi) is 6.95. The molecular formula is C31H26F4N4O5. The summed E-state index contributed by atoms with van der Waals surface area (Å²) in [5.41, 5.74) is -0.137. The smallest absolute Gasteiger partial charge is 0.424 e. The van der Waals surface area contributed by atoms with Gasteiger partial charge in [0.1, 0.15) is 40.5 Å². The highest BCUT2D eigenvalue weighted by Crippen LogP contribution is 2.47. The monoisotopic (exact) mass is 610 g/mol. The van der Waals surface area contributed by atoms with Gasteiger partial charge in [0, 0.05) is 28.3 Å². The molecule has 0 spiro atoms. The summed E-state index contributed by atoms with van der Waals surface area (Å²) in [6.07, 6.45) is -2.17. The lowest BCUT2D eigenvalue weighted by Crippen LogP contribution is -2.51. The number of carbonyl (C=O) groups excluding carboxylic acids is 2. The van der Waals surface area contributed by atoms with Crippen molar-refractivity contribution in [3.8, 4) is 22.8 Å². The van der Waals surface area contributed by atoms with Gasteiger partial charge >= 0.3 is 6.18 Å². The normalized spacial score (nSPS) is 19.1. The maximum absolute atomic E-state index is 14.7. The summed E-state index contributed by atoms with van der Waals surface area (Å²) in [7, 11) is 0. The Morgan fingerprint density at radius 3 is 2.55 bits per heavy atom. The minimum atomic E-state index is -5.35. The predicted molar refractivity (Wildman–Crippen MR) is 149 cm³/mol. The van der Waals surface area contributed by atoms with E-state index in [2.05, 4.69) is 15.3 Å². The number of fused-ring (bicyclic) bond motifs is 2. The standard InChI is InChI=1S/C31H26F4N4O5/c1-29(28(36)41)15-43-26-21(29)13-23(39-25(26)16-4-6-19(32)7-5-16)30(42,31(33,34)35)14-38-27(40)18-11-17-3-2-10-37-24(17)22(12-18)44-20-8-9-20/h2-7,10-13,20,42H,8-9,14-15H2,1H3,(H2,36,41)(H,38,40)/t29-,30?/m0/s1. The molecule has 1 unspecified atom stereocenters. The van der Waals surface area contributed by atoms with Crippen LogP contribution in [0.2, 0.25) is 0 Å². The third kappa shape index (κ3) is 5.06. The molecule has 2 aromatic heterocycles. The number of hydrogen-bond acceptors (Lipinski definition) is 7. The van der Waals surface area contributed by atoms with Crippen LogP contribution in [-0.4, -0.2) is 52.3 Å². The van der Waals surface area contributed by atoms with E-state index in [1.54, 1.807) is 18.3 Å². The minimum Gasteiger partial charge on any atom is -0.489 e. The molecule has 4 N–H and O–H groups in total. The summed E-state index contributed by atoms with van der Waals surface area (Å²) in [4.78, 5) is 34.1. The molecule has 1 fully saturated rings. The zero-order valence-electron chi connectivity index (χ0n) is 23.2. The van der Waals surface area contributed by atoms with E-state index in [0.29, 0.717) is 16.7 Å². The highest BCUT2D eigenvalue weighted by atomic mass is 19.4. The average Bonchev–Trinajstić information content (AvgIpc) is 3.74. The van der Waals surface area contributed by atoms with Gasteiger partial charge in [-0.25, -0.2) is 9.37 Å². The van der Waals surface area contributed by atoms with Crippen molar-refractivity contribution >= 4 is 22.7 Å². The van der Waals surface area contributed by atoms with Crippen molar-refractivity contribution in [2.45, 2.75) is 43.1 Å². The van der Waals surface area contributed by atoms with E-state index in [1.807, 2.05) is 0 Å². The van der Waals surface area contributed by atoms with Crippen molar-refractivity contribution in [3.63, 3.8) is 0 Å². The molecule has 1 saturated carbocycles. The average molecular weight is 611 g/mol. The molecule has 0 bridgehead atoms. The van der Waals surface area contributed by atoms with Gasteiger partial charge in [0.15, 0.2) is 0 Å². The van der Waals surface area contributed by atoms with Crippen molar-refractivity contribution in [2.75, 3.05) is 13.2 Å². The molecule has 228 valence electrons. The summed E-state index contributed by atoms with van der Waals surface area (Å²) < 4.78 is 69.4. The zero-order chi connectivity index (χ0) is 31.4. The van der Waals surface area contributed by atoms with Crippen LogP contribution < -0.4 is 20.5 Å². The van der Waals surface area contributed by atoms with Gasteiger partial charge in [-0.3, -0.25) is 14.6 Å². The number of aliphatic hydroxyl groups is 1. The molecule has 44 heavy (non-hydrogen) atoms. The molecule has 13 heteroatoms. The van der Waals surface area contributed by atoms with E-state index in [-0.39, 0.29) is 40.8 Å². The number of alkyl halides is 3. The first-order chi connectivity index (χ1) is 20.8. The summed E-state index contributed by atoms with van der Waals surface area (Å²) in [6.45, 7) is -0.230. The van der Waals surface area contributed by atoms with Crippen LogP contribution >= 0.6 is 0 Å². The first-order valence-corrected chi connectivity index (χ1v) is 13.7. The van der Waals surface area contributed by atoms with Crippen molar-refractivity contribution in [2.24, 2.45) is 5.73 Å². The van der Waals surface area contributed by atoms with Crippen LogP contribution in [0, 0.1) is 5.82 Å². The minimum absolute atomic E-state index is 0.00529. The van der Waals surface area contributed by atoms with Crippen molar-refractivity contribution in [1.29, 1.82) is 0 Å². The van der Waals surface area contributed by atoms with E-state index < -0.39 is 47.1 Å². The first kappa shape index (κ1) is 29.3. The Bertz CT molecular complexity index is 1790. The molecule has 3 heterocycles. The Morgan fingerprint density at radius 2 is 1.89 bits per heavy atom. The first-order valence-electron chi connectivity index (χ1n) is 13.7. The van der Waals surface area contributed by atoms with Crippen LogP contribution in [0.1, 0.15) is 41.4 Å². The topological polar surface area (TPSA) is 137 Å². The van der Waals surface area contributed by atoms with Crippen LogP contribution in [0.4, 0.5) is 17.6 Å². The fourth-order valence-electron chi connectivity index (χ4n) is 4.99. The van der Waals surface area contributed by atoms with Gasteiger partial charge < -0.3 is 25.6 Å². The molecule has 2 atom stereocenters. The number of pyridine rings is 2. The number of benzene rings is 2. The maximum atomic E-state index is 14.7. The van der Waals surface area contributed by atoms with Crippen LogP contribution in [0.5, 0.6) is 11.5 Å². The molecule has 1 aliphatic carbocycles. The fourth-order valence-corrected chi connectivity index (χ4v) is 4.99. The van der Waals surface area contributed by atoms with Crippen LogP contribution in [0.15, 0.2) is 60.8 Å². The summed E-state index contributed by atoms with van der Waals surface area (Å²) in [6, 6.07) is 11.8. The molecule has 1 aliphatic heterocycles. The predicted octanol–water partition coefficient (Wildman–Crippen LogP) is 4.29. The van der Waals surface area contributed by atoms with Gasteiger partial charge in [-0.1, -0.05) is 6.07 Å². The van der Waals surface area contributed by atoms with Crippen LogP contribution in [-0.2, 0) is 15.8 Å². The highest BCUT2D eigenvalue weighted by Gasteiger charge is 2.57. The maximum Gasteiger partial charge on any atom is 0.424 e. The third-order valence-electron chi connectivity index (χ3n) is 7.88. The van der Waals surface area contributed by atoms with Gasteiger partial charge in [-0.05, 0) is 68.3 Å².